The molecule has 1 aromatic carbocycles. The van der Waals surface area contributed by atoms with Gasteiger partial charge < -0.3 is 24.6 Å². The van der Waals surface area contributed by atoms with Gasteiger partial charge in [0.2, 0.25) is 18.6 Å². The van der Waals surface area contributed by atoms with E-state index in [2.05, 4.69) is 5.32 Å². The van der Waals surface area contributed by atoms with Gasteiger partial charge in [-0.05, 0) is 44.9 Å². The van der Waals surface area contributed by atoms with Crippen LogP contribution in [0.3, 0.4) is 0 Å². The van der Waals surface area contributed by atoms with E-state index >= 15 is 0 Å². The first-order chi connectivity index (χ1) is 13.5. The molecule has 1 fully saturated rings. The van der Waals surface area contributed by atoms with Crippen molar-refractivity contribution in [3.8, 4) is 11.5 Å². The molecule has 0 spiro atoms. The van der Waals surface area contributed by atoms with E-state index in [9.17, 15) is 14.4 Å². The minimum absolute atomic E-state index is 0.0211. The van der Waals surface area contributed by atoms with Crippen molar-refractivity contribution in [1.29, 1.82) is 0 Å². The van der Waals surface area contributed by atoms with Crippen LogP contribution in [0.5, 0.6) is 11.5 Å². The van der Waals surface area contributed by atoms with Gasteiger partial charge in [0, 0.05) is 37.7 Å². The van der Waals surface area contributed by atoms with Gasteiger partial charge in [0.15, 0.2) is 11.5 Å². The quantitative estimate of drug-likeness (QED) is 0.791. The normalized spacial score (nSPS) is 16.0. The van der Waals surface area contributed by atoms with E-state index in [-0.39, 0.29) is 37.0 Å². The molecule has 3 amide bonds. The lowest BCUT2D eigenvalue weighted by Crippen LogP contribution is -2.47. The SMILES string of the molecule is CCN(CC)C(=O)C1CCN(C(=O)CNC(=O)c2ccc3c(c2)OCO3)CC1. The molecule has 0 atom stereocenters. The maximum atomic E-state index is 12.4. The summed E-state index contributed by atoms with van der Waals surface area (Å²) >= 11 is 0. The number of likely N-dealkylation sites (tertiary alicyclic amines) is 1. The largest absolute Gasteiger partial charge is 0.454 e. The molecule has 1 aromatic rings. The van der Waals surface area contributed by atoms with Crippen LogP contribution in [0.15, 0.2) is 18.2 Å². The molecule has 8 heteroatoms. The molecule has 0 aromatic heterocycles. The summed E-state index contributed by atoms with van der Waals surface area (Å²) in [5.41, 5.74) is 0.417. The van der Waals surface area contributed by atoms with E-state index < -0.39 is 0 Å². The van der Waals surface area contributed by atoms with Gasteiger partial charge in [0.25, 0.3) is 5.91 Å². The Kier molecular flexibility index (Phi) is 6.38. The first-order valence-electron chi connectivity index (χ1n) is 9.77. The lowest BCUT2D eigenvalue weighted by molar-refractivity contribution is -0.140. The smallest absolute Gasteiger partial charge is 0.251 e. The standard InChI is InChI=1S/C20H27N3O5/c1-3-22(4-2)20(26)14-7-9-23(10-8-14)18(24)12-21-19(25)15-5-6-16-17(11-15)28-13-27-16/h5-6,11,14H,3-4,7-10,12-13H2,1-2H3,(H,21,25). The number of rotatable bonds is 6. The molecule has 0 bridgehead atoms. The van der Waals surface area contributed by atoms with Crippen molar-refractivity contribution in [3.05, 3.63) is 23.8 Å². The lowest BCUT2D eigenvalue weighted by Gasteiger charge is -2.33. The van der Waals surface area contributed by atoms with E-state index in [0.717, 1.165) is 0 Å². The predicted octanol–water partition coefficient (Wildman–Crippen LogP) is 1.25. The third-order valence-corrected chi connectivity index (χ3v) is 5.31. The fourth-order valence-electron chi connectivity index (χ4n) is 3.58. The Labute approximate surface area is 164 Å². The van der Waals surface area contributed by atoms with Gasteiger partial charge >= 0.3 is 0 Å². The van der Waals surface area contributed by atoms with Gasteiger partial charge in [0.1, 0.15) is 0 Å². The van der Waals surface area contributed by atoms with Gasteiger partial charge in [-0.15, -0.1) is 0 Å². The first kappa shape index (κ1) is 20.0. The molecule has 0 aliphatic carbocycles. The number of hydrogen-bond acceptors (Lipinski definition) is 5. The Hall–Kier alpha value is -2.77. The van der Waals surface area contributed by atoms with E-state index in [0.29, 0.717) is 56.1 Å². The molecule has 0 radical (unpaired) electrons. The number of piperidine rings is 1. The van der Waals surface area contributed by atoms with Gasteiger partial charge in [-0.2, -0.15) is 0 Å². The van der Waals surface area contributed by atoms with Crippen molar-refractivity contribution in [3.63, 3.8) is 0 Å². The molecule has 2 heterocycles. The number of carbonyl (C=O) groups excluding carboxylic acids is 3. The van der Waals surface area contributed by atoms with Crippen LogP contribution in [0.1, 0.15) is 37.0 Å². The summed E-state index contributed by atoms with van der Waals surface area (Å²) in [7, 11) is 0. The Morgan fingerprint density at radius 3 is 2.46 bits per heavy atom. The molecule has 1 N–H and O–H groups in total. The molecule has 8 nitrogen and oxygen atoms in total. The maximum Gasteiger partial charge on any atom is 0.251 e. The van der Waals surface area contributed by atoms with E-state index in [1.165, 1.54) is 0 Å². The highest BCUT2D eigenvalue weighted by atomic mass is 16.7. The van der Waals surface area contributed by atoms with E-state index in [4.69, 9.17) is 9.47 Å². The summed E-state index contributed by atoms with van der Waals surface area (Å²) in [5, 5.41) is 2.66. The van der Waals surface area contributed by atoms with Crippen LogP contribution in [-0.2, 0) is 9.59 Å². The molecule has 0 unspecified atom stereocenters. The summed E-state index contributed by atoms with van der Waals surface area (Å²) in [4.78, 5) is 40.7. The molecule has 1 saturated heterocycles. The highest BCUT2D eigenvalue weighted by molar-refractivity contribution is 5.97. The molecule has 152 valence electrons. The highest BCUT2D eigenvalue weighted by Gasteiger charge is 2.29. The van der Waals surface area contributed by atoms with Gasteiger partial charge in [-0.1, -0.05) is 0 Å². The first-order valence-corrected chi connectivity index (χ1v) is 9.77. The van der Waals surface area contributed by atoms with Crippen LogP contribution in [0, 0.1) is 5.92 Å². The van der Waals surface area contributed by atoms with Gasteiger partial charge in [-0.25, -0.2) is 0 Å². The lowest BCUT2D eigenvalue weighted by atomic mass is 9.95. The van der Waals surface area contributed by atoms with Crippen molar-refractivity contribution in [2.45, 2.75) is 26.7 Å². The average Bonchev–Trinajstić information content (AvgIpc) is 3.20. The predicted molar refractivity (Wildman–Crippen MR) is 102 cm³/mol. The van der Waals surface area contributed by atoms with Crippen LogP contribution in [0.4, 0.5) is 0 Å². The molecule has 3 rings (SSSR count). The van der Waals surface area contributed by atoms with Crippen LogP contribution in [0.25, 0.3) is 0 Å². The molecule has 28 heavy (non-hydrogen) atoms. The highest BCUT2D eigenvalue weighted by Crippen LogP contribution is 2.32. The molecule has 2 aliphatic heterocycles. The number of benzene rings is 1. The van der Waals surface area contributed by atoms with Crippen LogP contribution >= 0.6 is 0 Å². The van der Waals surface area contributed by atoms with Crippen molar-refractivity contribution in [2.75, 3.05) is 39.5 Å². The van der Waals surface area contributed by atoms with Crippen molar-refractivity contribution >= 4 is 17.7 Å². The van der Waals surface area contributed by atoms with E-state index in [1.54, 1.807) is 23.1 Å². The maximum absolute atomic E-state index is 12.4. The number of nitrogens with one attached hydrogen (secondary N) is 1. The number of nitrogens with zero attached hydrogens (tertiary/aromatic N) is 2. The fourth-order valence-corrected chi connectivity index (χ4v) is 3.58. The Morgan fingerprint density at radius 1 is 1.11 bits per heavy atom. The topological polar surface area (TPSA) is 88.2 Å². The third kappa shape index (κ3) is 4.37. The summed E-state index contributed by atoms with van der Waals surface area (Å²) < 4.78 is 10.5. The molecule has 0 saturated carbocycles. The van der Waals surface area contributed by atoms with Crippen LogP contribution < -0.4 is 14.8 Å². The van der Waals surface area contributed by atoms with Crippen molar-refractivity contribution < 1.29 is 23.9 Å². The zero-order valence-electron chi connectivity index (χ0n) is 16.4. The molecule has 2 aliphatic rings. The fraction of sp³-hybridized carbons (Fsp3) is 0.550. The third-order valence-electron chi connectivity index (χ3n) is 5.31. The monoisotopic (exact) mass is 389 g/mol. The van der Waals surface area contributed by atoms with Gasteiger partial charge in [-0.3, -0.25) is 14.4 Å². The number of carbonyl (C=O) groups is 3. The average molecular weight is 389 g/mol. The minimum atomic E-state index is -0.335. The summed E-state index contributed by atoms with van der Waals surface area (Å²) in [5.74, 6) is 0.815. The Bertz CT molecular complexity index is 739. The zero-order valence-corrected chi connectivity index (χ0v) is 16.4. The summed E-state index contributed by atoms with van der Waals surface area (Å²) in [6.07, 6.45) is 1.33. The summed E-state index contributed by atoms with van der Waals surface area (Å²) in [6.45, 7) is 6.52. The van der Waals surface area contributed by atoms with E-state index in [1.807, 2.05) is 18.7 Å². The number of ether oxygens (including phenoxy) is 2. The Balaban J connectivity index is 1.46. The second kappa shape index (κ2) is 8.95. The van der Waals surface area contributed by atoms with Gasteiger partial charge in [0.05, 0.1) is 6.54 Å². The Morgan fingerprint density at radius 2 is 1.79 bits per heavy atom. The molecular weight excluding hydrogens is 362 g/mol. The van der Waals surface area contributed by atoms with Crippen LogP contribution in [-0.4, -0.2) is 67.0 Å². The van der Waals surface area contributed by atoms with Crippen LogP contribution in [0.2, 0.25) is 0 Å². The van der Waals surface area contributed by atoms with Crippen molar-refractivity contribution in [1.82, 2.24) is 15.1 Å². The second-order valence-corrected chi connectivity index (χ2v) is 6.92. The number of fused-ring (bicyclic) bond motifs is 1. The number of amides is 3. The summed E-state index contributed by atoms with van der Waals surface area (Å²) in [6, 6.07) is 4.92. The minimum Gasteiger partial charge on any atom is -0.454 e. The zero-order chi connectivity index (χ0) is 20.1. The molecular formula is C20H27N3O5. The number of hydrogen-bond donors (Lipinski definition) is 1. The second-order valence-electron chi connectivity index (χ2n) is 6.92. The van der Waals surface area contributed by atoms with Crippen molar-refractivity contribution in [2.24, 2.45) is 5.92 Å².